The number of aromatic carboxylic acids is 1. The molecule has 0 unspecified atom stereocenters. The Hall–Kier alpha value is -2.08. The molecule has 5 nitrogen and oxygen atoms in total. The Morgan fingerprint density at radius 1 is 1.32 bits per heavy atom. The Labute approximate surface area is 132 Å². The fourth-order valence-electron chi connectivity index (χ4n) is 2.06. The van der Waals surface area contributed by atoms with Crippen LogP contribution in [-0.2, 0) is 11.2 Å². The van der Waals surface area contributed by atoms with Crippen molar-refractivity contribution >= 4 is 33.5 Å². The molecule has 2 rings (SSSR count). The van der Waals surface area contributed by atoms with Crippen molar-refractivity contribution in [2.24, 2.45) is 0 Å². The van der Waals surface area contributed by atoms with Crippen LogP contribution >= 0.6 is 11.3 Å². The zero-order chi connectivity index (χ0) is 16.3. The molecule has 0 fully saturated rings. The number of alkyl carbamates (subject to hydrolysis) is 1. The van der Waals surface area contributed by atoms with Gasteiger partial charge in [-0.05, 0) is 50.3 Å². The van der Waals surface area contributed by atoms with Gasteiger partial charge in [0, 0.05) is 11.2 Å². The highest BCUT2D eigenvalue weighted by atomic mass is 32.1. The molecule has 1 heterocycles. The van der Waals surface area contributed by atoms with E-state index in [0.717, 1.165) is 15.6 Å². The molecule has 0 bridgehead atoms. The van der Waals surface area contributed by atoms with E-state index in [0.29, 0.717) is 17.8 Å². The van der Waals surface area contributed by atoms with Gasteiger partial charge in [-0.1, -0.05) is 12.1 Å². The van der Waals surface area contributed by atoms with Gasteiger partial charge in [-0.3, -0.25) is 0 Å². The van der Waals surface area contributed by atoms with E-state index in [-0.39, 0.29) is 0 Å². The maximum atomic E-state index is 11.6. The summed E-state index contributed by atoms with van der Waals surface area (Å²) in [4.78, 5) is 23.0. The lowest BCUT2D eigenvalue weighted by atomic mass is 10.1. The third-order valence-electron chi connectivity index (χ3n) is 2.93. The largest absolute Gasteiger partial charge is 0.477 e. The molecule has 2 aromatic rings. The molecule has 0 saturated carbocycles. The number of carbonyl (C=O) groups is 2. The second kappa shape index (κ2) is 6.36. The molecule has 1 amide bonds. The number of ether oxygens (including phenoxy) is 1. The number of rotatable bonds is 4. The second-order valence-corrected chi connectivity index (χ2v) is 7.01. The number of carboxylic acid groups (broad SMARTS) is 1. The van der Waals surface area contributed by atoms with Crippen LogP contribution in [0.25, 0.3) is 10.1 Å². The Morgan fingerprint density at radius 2 is 2.05 bits per heavy atom. The highest BCUT2D eigenvalue weighted by Gasteiger charge is 2.16. The fraction of sp³-hybridized carbons (Fsp3) is 0.375. The number of fused-ring (bicyclic) bond motifs is 1. The van der Waals surface area contributed by atoms with Crippen LogP contribution in [0.1, 0.15) is 36.0 Å². The van der Waals surface area contributed by atoms with Crippen molar-refractivity contribution in [2.45, 2.75) is 32.8 Å². The van der Waals surface area contributed by atoms with Crippen LogP contribution in [0, 0.1) is 0 Å². The van der Waals surface area contributed by atoms with Crippen molar-refractivity contribution in [1.82, 2.24) is 5.32 Å². The average Bonchev–Trinajstić information content (AvgIpc) is 2.81. The summed E-state index contributed by atoms with van der Waals surface area (Å²) in [6, 6.07) is 7.42. The van der Waals surface area contributed by atoms with E-state index in [1.165, 1.54) is 11.3 Å². The first kappa shape index (κ1) is 16.3. The highest BCUT2D eigenvalue weighted by Crippen LogP contribution is 2.28. The van der Waals surface area contributed by atoms with Crippen LogP contribution < -0.4 is 5.32 Å². The van der Waals surface area contributed by atoms with Crippen molar-refractivity contribution < 1.29 is 19.4 Å². The van der Waals surface area contributed by atoms with Crippen molar-refractivity contribution in [2.75, 3.05) is 6.54 Å². The number of hydrogen-bond acceptors (Lipinski definition) is 4. The van der Waals surface area contributed by atoms with E-state index < -0.39 is 17.7 Å². The van der Waals surface area contributed by atoms with Gasteiger partial charge in [-0.15, -0.1) is 11.3 Å². The molecule has 2 N–H and O–H groups in total. The van der Waals surface area contributed by atoms with Gasteiger partial charge in [0.1, 0.15) is 10.5 Å². The van der Waals surface area contributed by atoms with Crippen LogP contribution in [0.3, 0.4) is 0 Å². The summed E-state index contributed by atoms with van der Waals surface area (Å²) in [5.41, 5.74) is 0.491. The van der Waals surface area contributed by atoms with Crippen LogP contribution in [-0.4, -0.2) is 29.3 Å². The van der Waals surface area contributed by atoms with Crippen LogP contribution in [0.2, 0.25) is 0 Å². The quantitative estimate of drug-likeness (QED) is 0.901. The van der Waals surface area contributed by atoms with Crippen molar-refractivity contribution in [3.63, 3.8) is 0 Å². The molecule has 0 aliphatic rings. The third kappa shape index (κ3) is 4.21. The maximum Gasteiger partial charge on any atom is 0.407 e. The second-order valence-electron chi connectivity index (χ2n) is 5.92. The first-order chi connectivity index (χ1) is 10.3. The molecule has 0 saturated heterocycles. The van der Waals surface area contributed by atoms with Crippen LogP contribution in [0.5, 0.6) is 0 Å². The Bertz CT molecular complexity index is 700. The topological polar surface area (TPSA) is 75.6 Å². The van der Waals surface area contributed by atoms with Gasteiger partial charge in [-0.2, -0.15) is 0 Å². The third-order valence-corrected chi connectivity index (χ3v) is 4.01. The summed E-state index contributed by atoms with van der Waals surface area (Å²) in [5, 5.41) is 12.7. The number of thiophene rings is 1. The first-order valence-corrected chi connectivity index (χ1v) is 7.79. The minimum atomic E-state index is -0.918. The molecule has 6 heteroatoms. The molecule has 1 aromatic carbocycles. The van der Waals surface area contributed by atoms with E-state index in [1.54, 1.807) is 6.07 Å². The number of amides is 1. The van der Waals surface area contributed by atoms with E-state index in [9.17, 15) is 9.59 Å². The molecule has 0 radical (unpaired) electrons. The smallest absolute Gasteiger partial charge is 0.407 e. The summed E-state index contributed by atoms with van der Waals surface area (Å²) in [6.45, 7) is 5.87. The highest BCUT2D eigenvalue weighted by molar-refractivity contribution is 7.20. The number of hydrogen-bond donors (Lipinski definition) is 2. The Balaban J connectivity index is 2.03. The summed E-state index contributed by atoms with van der Waals surface area (Å²) in [6.07, 6.45) is 0.169. The van der Waals surface area contributed by atoms with Gasteiger partial charge in [0.2, 0.25) is 0 Å². The molecule has 0 spiro atoms. The van der Waals surface area contributed by atoms with Crippen molar-refractivity contribution in [1.29, 1.82) is 0 Å². The van der Waals surface area contributed by atoms with Crippen molar-refractivity contribution in [3.05, 3.63) is 34.7 Å². The number of benzene rings is 1. The number of carbonyl (C=O) groups excluding carboxylic acids is 1. The summed E-state index contributed by atoms with van der Waals surface area (Å²) in [5.74, 6) is -0.918. The summed E-state index contributed by atoms with van der Waals surface area (Å²) >= 11 is 1.26. The minimum Gasteiger partial charge on any atom is -0.477 e. The van der Waals surface area contributed by atoms with E-state index >= 15 is 0 Å². The minimum absolute atomic E-state index is 0.322. The molecule has 1 aromatic heterocycles. The molecule has 22 heavy (non-hydrogen) atoms. The molecule has 0 aliphatic carbocycles. The maximum absolute atomic E-state index is 11.6. The lowest BCUT2D eigenvalue weighted by Gasteiger charge is -2.19. The van der Waals surface area contributed by atoms with Gasteiger partial charge in [0.25, 0.3) is 0 Å². The zero-order valence-corrected chi connectivity index (χ0v) is 13.6. The molecule has 118 valence electrons. The lowest BCUT2D eigenvalue weighted by molar-refractivity contribution is 0.0528. The van der Waals surface area contributed by atoms with Gasteiger partial charge in [0.05, 0.1) is 0 Å². The SMILES string of the molecule is CC(C)(C)OC(=O)NCCc1cccc2sc(C(=O)O)cc12. The Morgan fingerprint density at radius 3 is 2.68 bits per heavy atom. The number of nitrogens with one attached hydrogen (secondary N) is 1. The zero-order valence-electron chi connectivity index (χ0n) is 12.8. The van der Waals surface area contributed by atoms with E-state index in [4.69, 9.17) is 9.84 Å². The molecule has 0 atom stereocenters. The fourth-order valence-corrected chi connectivity index (χ4v) is 3.01. The molecule has 0 aliphatic heterocycles. The molecular formula is C16H19NO4S. The molecular weight excluding hydrogens is 302 g/mol. The monoisotopic (exact) mass is 321 g/mol. The van der Waals surface area contributed by atoms with Gasteiger partial charge in [-0.25, -0.2) is 9.59 Å². The van der Waals surface area contributed by atoms with Gasteiger partial charge < -0.3 is 15.2 Å². The van der Waals surface area contributed by atoms with E-state index in [2.05, 4.69) is 5.32 Å². The van der Waals surface area contributed by atoms with E-state index in [1.807, 2.05) is 39.0 Å². The normalized spacial score (nSPS) is 11.4. The predicted molar refractivity (Wildman–Crippen MR) is 86.7 cm³/mol. The standard InChI is InChI=1S/C16H19NO4S/c1-16(2,3)21-15(20)17-8-7-10-5-4-6-12-11(10)9-13(22-12)14(18)19/h4-6,9H,7-8H2,1-3H3,(H,17,20)(H,18,19). The average molecular weight is 321 g/mol. The van der Waals surface area contributed by atoms with Crippen LogP contribution in [0.4, 0.5) is 4.79 Å². The Kier molecular flexibility index (Phi) is 4.71. The van der Waals surface area contributed by atoms with Crippen LogP contribution in [0.15, 0.2) is 24.3 Å². The predicted octanol–water partition coefficient (Wildman–Crippen LogP) is 3.67. The summed E-state index contributed by atoms with van der Waals surface area (Å²) in [7, 11) is 0. The van der Waals surface area contributed by atoms with Crippen molar-refractivity contribution in [3.8, 4) is 0 Å². The van der Waals surface area contributed by atoms with Gasteiger partial charge >= 0.3 is 12.1 Å². The lowest BCUT2D eigenvalue weighted by Crippen LogP contribution is -2.33. The number of carboxylic acids is 1. The first-order valence-electron chi connectivity index (χ1n) is 6.98. The summed E-state index contributed by atoms with van der Waals surface area (Å²) < 4.78 is 6.11. The van der Waals surface area contributed by atoms with Gasteiger partial charge in [0.15, 0.2) is 0 Å².